The van der Waals surface area contributed by atoms with E-state index in [1.807, 2.05) is 0 Å². The summed E-state index contributed by atoms with van der Waals surface area (Å²) in [6.45, 7) is 12.2. The van der Waals surface area contributed by atoms with Crippen molar-refractivity contribution in [3.05, 3.63) is 11.6 Å². The molecule has 1 nitrogen and oxygen atoms in total. The molecule has 0 aliphatic heterocycles. The zero-order valence-corrected chi connectivity index (χ0v) is 16.6. The number of aliphatic hydroxyl groups excluding tert-OH is 1. The summed E-state index contributed by atoms with van der Waals surface area (Å²) in [4.78, 5) is 0. The molecule has 0 radical (unpaired) electrons. The van der Waals surface area contributed by atoms with Crippen LogP contribution in [0.3, 0.4) is 0 Å². The van der Waals surface area contributed by atoms with Gasteiger partial charge in [0.1, 0.15) is 0 Å². The number of allylic oxidation sites excluding steroid dienone is 1. The molecule has 5 unspecified atom stereocenters. The molecule has 4 rings (SSSR count). The van der Waals surface area contributed by atoms with Crippen molar-refractivity contribution >= 4 is 0 Å². The molecule has 0 aromatic rings. The molecule has 0 spiro atoms. The number of aliphatic hydroxyl groups is 1. The second-order valence-corrected chi connectivity index (χ2v) is 10.7. The first-order chi connectivity index (χ1) is 11.2. The average Bonchev–Trinajstić information content (AvgIpc) is 2.87. The molecule has 0 heterocycles. The van der Waals surface area contributed by atoms with Gasteiger partial charge in [-0.15, -0.1) is 0 Å². The second-order valence-electron chi connectivity index (χ2n) is 10.7. The SMILES string of the molecule is CC[C@H]1CCC2C3CC=C4C(CCC(O)C4(C)C)C3(C)CC[C@@]21C. The van der Waals surface area contributed by atoms with Gasteiger partial charge in [-0.3, -0.25) is 0 Å². The van der Waals surface area contributed by atoms with E-state index in [2.05, 4.69) is 40.7 Å². The first kappa shape index (κ1) is 17.1. The highest BCUT2D eigenvalue weighted by molar-refractivity contribution is 5.28. The summed E-state index contributed by atoms with van der Waals surface area (Å²) in [7, 11) is 0. The van der Waals surface area contributed by atoms with Crippen LogP contribution in [0.25, 0.3) is 0 Å². The first-order valence-electron chi connectivity index (χ1n) is 10.6. The fourth-order valence-corrected chi connectivity index (χ4v) is 7.94. The second kappa shape index (κ2) is 5.35. The number of hydrogen-bond donors (Lipinski definition) is 1. The van der Waals surface area contributed by atoms with E-state index in [0.29, 0.717) is 10.8 Å². The van der Waals surface area contributed by atoms with Crippen molar-refractivity contribution in [3.8, 4) is 0 Å². The molecule has 3 saturated carbocycles. The topological polar surface area (TPSA) is 20.2 Å². The molecule has 24 heavy (non-hydrogen) atoms. The molecular weight excluding hydrogens is 292 g/mol. The van der Waals surface area contributed by atoms with E-state index in [1.165, 1.54) is 44.9 Å². The third-order valence-corrected chi connectivity index (χ3v) is 9.70. The molecule has 136 valence electrons. The lowest BCUT2D eigenvalue weighted by Gasteiger charge is -2.61. The zero-order valence-electron chi connectivity index (χ0n) is 16.6. The molecule has 0 aromatic heterocycles. The van der Waals surface area contributed by atoms with Crippen molar-refractivity contribution in [3.63, 3.8) is 0 Å². The summed E-state index contributed by atoms with van der Waals surface area (Å²) in [6, 6.07) is 0. The summed E-state index contributed by atoms with van der Waals surface area (Å²) in [5, 5.41) is 10.6. The Morgan fingerprint density at radius 3 is 2.38 bits per heavy atom. The Bertz CT molecular complexity index is 546. The quantitative estimate of drug-likeness (QED) is 0.587. The lowest BCUT2D eigenvalue weighted by atomic mass is 9.43. The van der Waals surface area contributed by atoms with Gasteiger partial charge < -0.3 is 5.11 Å². The molecule has 7 atom stereocenters. The summed E-state index contributed by atoms with van der Waals surface area (Å²) < 4.78 is 0. The van der Waals surface area contributed by atoms with Gasteiger partial charge in [-0.25, -0.2) is 0 Å². The largest absolute Gasteiger partial charge is 0.392 e. The monoisotopic (exact) mass is 330 g/mol. The molecule has 0 aromatic carbocycles. The molecule has 0 bridgehead atoms. The molecule has 4 aliphatic carbocycles. The summed E-state index contributed by atoms with van der Waals surface area (Å²) >= 11 is 0. The van der Waals surface area contributed by atoms with Gasteiger partial charge in [0.25, 0.3) is 0 Å². The maximum Gasteiger partial charge on any atom is 0.0628 e. The molecule has 0 saturated heterocycles. The van der Waals surface area contributed by atoms with E-state index in [0.717, 1.165) is 30.1 Å². The fourth-order valence-electron chi connectivity index (χ4n) is 7.94. The van der Waals surface area contributed by atoms with E-state index in [1.54, 1.807) is 5.57 Å². The van der Waals surface area contributed by atoms with Crippen molar-refractivity contribution in [2.24, 2.45) is 39.9 Å². The van der Waals surface area contributed by atoms with Gasteiger partial charge in [-0.05, 0) is 79.4 Å². The highest BCUT2D eigenvalue weighted by atomic mass is 16.3. The van der Waals surface area contributed by atoms with E-state index in [9.17, 15) is 5.11 Å². The van der Waals surface area contributed by atoms with Crippen LogP contribution in [0.2, 0.25) is 0 Å². The zero-order chi connectivity index (χ0) is 17.3. The minimum Gasteiger partial charge on any atom is -0.392 e. The Balaban J connectivity index is 1.71. The van der Waals surface area contributed by atoms with E-state index in [4.69, 9.17) is 0 Å². The van der Waals surface area contributed by atoms with Gasteiger partial charge in [0.2, 0.25) is 0 Å². The summed E-state index contributed by atoms with van der Waals surface area (Å²) in [6.07, 6.45) is 13.1. The minimum absolute atomic E-state index is 0.0146. The van der Waals surface area contributed by atoms with Crippen LogP contribution in [0.5, 0.6) is 0 Å². The minimum atomic E-state index is -0.148. The van der Waals surface area contributed by atoms with Crippen LogP contribution >= 0.6 is 0 Å². The third-order valence-electron chi connectivity index (χ3n) is 9.70. The van der Waals surface area contributed by atoms with Crippen molar-refractivity contribution < 1.29 is 5.11 Å². The fraction of sp³-hybridized carbons (Fsp3) is 0.913. The van der Waals surface area contributed by atoms with Crippen LogP contribution in [-0.2, 0) is 0 Å². The highest BCUT2D eigenvalue weighted by Gasteiger charge is 2.61. The first-order valence-corrected chi connectivity index (χ1v) is 10.6. The molecule has 4 aliphatic rings. The van der Waals surface area contributed by atoms with E-state index < -0.39 is 0 Å². The average molecular weight is 331 g/mol. The third kappa shape index (κ3) is 2.03. The predicted octanol–water partition coefficient (Wildman–Crippen LogP) is 5.97. The van der Waals surface area contributed by atoms with Gasteiger partial charge in [-0.1, -0.05) is 52.7 Å². The van der Waals surface area contributed by atoms with Crippen molar-refractivity contribution in [1.82, 2.24) is 0 Å². The van der Waals surface area contributed by atoms with Crippen LogP contribution in [0.4, 0.5) is 0 Å². The molecule has 0 amide bonds. The van der Waals surface area contributed by atoms with E-state index >= 15 is 0 Å². The summed E-state index contributed by atoms with van der Waals surface area (Å²) in [5.74, 6) is 3.50. The molecule has 3 fully saturated rings. The lowest BCUT2D eigenvalue weighted by Crippen LogP contribution is -2.54. The van der Waals surface area contributed by atoms with Crippen molar-refractivity contribution in [1.29, 1.82) is 0 Å². The smallest absolute Gasteiger partial charge is 0.0628 e. The Labute approximate surface area is 149 Å². The van der Waals surface area contributed by atoms with Crippen LogP contribution in [-0.4, -0.2) is 11.2 Å². The van der Waals surface area contributed by atoms with Gasteiger partial charge in [0.15, 0.2) is 0 Å². The Morgan fingerprint density at radius 1 is 0.958 bits per heavy atom. The maximum atomic E-state index is 10.6. The van der Waals surface area contributed by atoms with Crippen LogP contribution in [0.15, 0.2) is 11.6 Å². The number of rotatable bonds is 1. The Kier molecular flexibility index (Phi) is 3.82. The lowest BCUT2D eigenvalue weighted by molar-refractivity contribution is -0.0912. The Morgan fingerprint density at radius 2 is 1.67 bits per heavy atom. The van der Waals surface area contributed by atoms with Crippen LogP contribution < -0.4 is 0 Å². The standard InChI is InChI=1S/C23H38O/c1-6-15-7-8-18-19-10-9-16-17(11-12-20(24)21(16,2)3)23(19,5)14-13-22(15,18)4/h9,15,17-20,24H,6-8,10-14H2,1-5H3/t15-,17?,18?,19?,20?,22+,23?/m0/s1. The predicted molar refractivity (Wildman–Crippen MR) is 101 cm³/mol. The van der Waals surface area contributed by atoms with Gasteiger partial charge in [0.05, 0.1) is 6.10 Å². The van der Waals surface area contributed by atoms with Crippen LogP contribution in [0, 0.1) is 39.9 Å². The maximum absolute atomic E-state index is 10.6. The normalized spacial score (nSPS) is 52.9. The number of hydrogen-bond acceptors (Lipinski definition) is 1. The number of fused-ring (bicyclic) bond motifs is 5. The van der Waals surface area contributed by atoms with Gasteiger partial charge in [-0.2, -0.15) is 0 Å². The summed E-state index contributed by atoms with van der Waals surface area (Å²) in [5.41, 5.74) is 2.68. The van der Waals surface area contributed by atoms with Gasteiger partial charge >= 0.3 is 0 Å². The highest BCUT2D eigenvalue weighted by Crippen LogP contribution is 2.69. The van der Waals surface area contributed by atoms with Crippen molar-refractivity contribution in [2.75, 3.05) is 0 Å². The van der Waals surface area contributed by atoms with Crippen LogP contribution in [0.1, 0.15) is 86.0 Å². The van der Waals surface area contributed by atoms with Gasteiger partial charge in [0, 0.05) is 5.41 Å². The Hall–Kier alpha value is -0.300. The molecule has 1 N–H and O–H groups in total. The van der Waals surface area contributed by atoms with Crippen molar-refractivity contribution in [2.45, 2.75) is 92.1 Å². The molecule has 1 heteroatoms. The van der Waals surface area contributed by atoms with E-state index in [-0.39, 0.29) is 11.5 Å². The molecular formula is C23H38O.